The average molecular weight is 246 g/mol. The largest absolute Gasteiger partial charge is 0.497 e. The first-order chi connectivity index (χ1) is 8.59. The van der Waals surface area contributed by atoms with E-state index in [1.54, 1.807) is 55.3 Å². The smallest absolute Gasteiger partial charge is 0.334 e. The Morgan fingerprint density at radius 1 is 1.50 bits per heavy atom. The van der Waals surface area contributed by atoms with Crippen LogP contribution in [0.25, 0.3) is 0 Å². The molecular formula is C13H14N2O3. The first kappa shape index (κ1) is 12.2. The van der Waals surface area contributed by atoms with Crippen LogP contribution in [-0.2, 0) is 10.3 Å². The molecular weight excluding hydrogens is 232 g/mol. The maximum absolute atomic E-state index is 11.6. The zero-order valence-corrected chi connectivity index (χ0v) is 10.2. The minimum Gasteiger partial charge on any atom is -0.497 e. The SMILES string of the molecule is COc1cccc(C(C)(C(=O)O)n2ccnc2)c1. The van der Waals surface area contributed by atoms with Gasteiger partial charge in [-0.2, -0.15) is 0 Å². The Kier molecular flexibility index (Phi) is 3.06. The van der Waals surface area contributed by atoms with Crippen molar-refractivity contribution >= 4 is 5.97 Å². The minimum atomic E-state index is -1.20. The second-order valence-corrected chi connectivity index (χ2v) is 4.08. The van der Waals surface area contributed by atoms with Crippen LogP contribution >= 0.6 is 0 Å². The molecule has 1 aromatic heterocycles. The number of methoxy groups -OCH3 is 1. The summed E-state index contributed by atoms with van der Waals surface area (Å²) < 4.78 is 6.69. The van der Waals surface area contributed by atoms with Gasteiger partial charge in [-0.25, -0.2) is 9.78 Å². The first-order valence-electron chi connectivity index (χ1n) is 5.45. The molecule has 5 heteroatoms. The van der Waals surface area contributed by atoms with Gasteiger partial charge in [-0.05, 0) is 24.6 Å². The van der Waals surface area contributed by atoms with E-state index in [2.05, 4.69) is 4.98 Å². The molecule has 2 rings (SSSR count). The highest BCUT2D eigenvalue weighted by Gasteiger charge is 2.37. The molecule has 0 aliphatic carbocycles. The maximum atomic E-state index is 11.6. The number of benzene rings is 1. The zero-order valence-electron chi connectivity index (χ0n) is 10.2. The Morgan fingerprint density at radius 2 is 2.28 bits per heavy atom. The summed E-state index contributed by atoms with van der Waals surface area (Å²) in [6.45, 7) is 1.63. The Morgan fingerprint density at radius 3 is 2.83 bits per heavy atom. The summed E-state index contributed by atoms with van der Waals surface area (Å²) in [4.78, 5) is 15.5. The van der Waals surface area contributed by atoms with Crippen molar-refractivity contribution in [3.05, 3.63) is 48.5 Å². The van der Waals surface area contributed by atoms with Gasteiger partial charge >= 0.3 is 5.97 Å². The molecule has 0 radical (unpaired) electrons. The molecule has 1 heterocycles. The van der Waals surface area contributed by atoms with Crippen molar-refractivity contribution in [1.82, 2.24) is 9.55 Å². The van der Waals surface area contributed by atoms with Crippen molar-refractivity contribution in [2.24, 2.45) is 0 Å². The fourth-order valence-electron chi connectivity index (χ4n) is 1.83. The van der Waals surface area contributed by atoms with Crippen molar-refractivity contribution < 1.29 is 14.6 Å². The predicted molar refractivity (Wildman–Crippen MR) is 65.6 cm³/mol. The molecule has 0 saturated carbocycles. The van der Waals surface area contributed by atoms with Gasteiger partial charge in [0, 0.05) is 12.4 Å². The number of carboxylic acid groups (broad SMARTS) is 1. The quantitative estimate of drug-likeness (QED) is 0.892. The third-order valence-corrected chi connectivity index (χ3v) is 3.07. The molecule has 0 aliphatic heterocycles. The number of hydrogen-bond donors (Lipinski definition) is 1. The third kappa shape index (κ3) is 1.84. The summed E-state index contributed by atoms with van der Waals surface area (Å²) in [6, 6.07) is 7.02. The van der Waals surface area contributed by atoms with E-state index in [0.29, 0.717) is 11.3 Å². The topological polar surface area (TPSA) is 64.3 Å². The van der Waals surface area contributed by atoms with Gasteiger partial charge < -0.3 is 14.4 Å². The lowest BCUT2D eigenvalue weighted by Crippen LogP contribution is -2.39. The molecule has 1 N–H and O–H groups in total. The van der Waals surface area contributed by atoms with Gasteiger partial charge in [0.15, 0.2) is 5.54 Å². The van der Waals surface area contributed by atoms with E-state index in [-0.39, 0.29) is 0 Å². The van der Waals surface area contributed by atoms with Crippen LogP contribution in [0.5, 0.6) is 5.75 Å². The van der Waals surface area contributed by atoms with Crippen LogP contribution in [0.1, 0.15) is 12.5 Å². The molecule has 0 amide bonds. The van der Waals surface area contributed by atoms with Crippen molar-refractivity contribution in [2.75, 3.05) is 7.11 Å². The number of rotatable bonds is 4. The lowest BCUT2D eigenvalue weighted by Gasteiger charge is -2.27. The lowest BCUT2D eigenvalue weighted by molar-refractivity contribution is -0.144. The highest BCUT2D eigenvalue weighted by atomic mass is 16.5. The number of imidazole rings is 1. The van der Waals surface area contributed by atoms with E-state index >= 15 is 0 Å². The summed E-state index contributed by atoms with van der Waals surface area (Å²) in [5.74, 6) is -0.325. The molecule has 18 heavy (non-hydrogen) atoms. The molecule has 1 unspecified atom stereocenters. The van der Waals surface area contributed by atoms with Gasteiger partial charge in [0.05, 0.1) is 13.4 Å². The predicted octanol–water partition coefficient (Wildman–Crippen LogP) is 1.74. The highest BCUT2D eigenvalue weighted by molar-refractivity contribution is 5.81. The van der Waals surface area contributed by atoms with Crippen LogP contribution in [-0.4, -0.2) is 27.7 Å². The number of aromatic nitrogens is 2. The van der Waals surface area contributed by atoms with E-state index in [1.807, 2.05) is 0 Å². The number of aliphatic carboxylic acids is 1. The summed E-state index contributed by atoms with van der Waals surface area (Å²) in [5, 5.41) is 9.53. The number of hydrogen-bond acceptors (Lipinski definition) is 3. The van der Waals surface area contributed by atoms with E-state index in [9.17, 15) is 9.90 Å². The number of carboxylic acids is 1. The molecule has 0 fully saturated rings. The summed E-state index contributed by atoms with van der Waals surface area (Å²) >= 11 is 0. The van der Waals surface area contributed by atoms with Crippen LogP contribution in [0.4, 0.5) is 0 Å². The van der Waals surface area contributed by atoms with E-state index in [4.69, 9.17) is 4.74 Å². The highest BCUT2D eigenvalue weighted by Crippen LogP contribution is 2.28. The van der Waals surface area contributed by atoms with Crippen LogP contribution in [0.2, 0.25) is 0 Å². The molecule has 0 saturated heterocycles. The molecule has 2 aromatic rings. The lowest BCUT2D eigenvalue weighted by atomic mass is 9.91. The van der Waals surface area contributed by atoms with Gasteiger partial charge in [-0.3, -0.25) is 0 Å². The number of nitrogens with zero attached hydrogens (tertiary/aromatic N) is 2. The van der Waals surface area contributed by atoms with Crippen molar-refractivity contribution in [3.63, 3.8) is 0 Å². The molecule has 0 spiro atoms. The maximum Gasteiger partial charge on any atom is 0.334 e. The normalized spacial score (nSPS) is 13.9. The fraction of sp³-hybridized carbons (Fsp3) is 0.231. The molecule has 0 aliphatic rings. The molecule has 1 aromatic carbocycles. The van der Waals surface area contributed by atoms with Crippen LogP contribution in [0.15, 0.2) is 43.0 Å². The number of carbonyl (C=O) groups is 1. The molecule has 5 nitrogen and oxygen atoms in total. The van der Waals surface area contributed by atoms with Gasteiger partial charge in [0.1, 0.15) is 5.75 Å². The first-order valence-corrected chi connectivity index (χ1v) is 5.45. The van der Waals surface area contributed by atoms with Gasteiger partial charge in [0.25, 0.3) is 0 Å². The van der Waals surface area contributed by atoms with Crippen molar-refractivity contribution in [1.29, 1.82) is 0 Å². The molecule has 1 atom stereocenters. The monoisotopic (exact) mass is 246 g/mol. The Hall–Kier alpha value is -2.30. The van der Waals surface area contributed by atoms with Crippen LogP contribution in [0.3, 0.4) is 0 Å². The average Bonchev–Trinajstić information content (AvgIpc) is 2.91. The zero-order chi connectivity index (χ0) is 13.2. The Labute approximate surface area is 105 Å². The van der Waals surface area contributed by atoms with Crippen LogP contribution < -0.4 is 4.74 Å². The minimum absolute atomic E-state index is 0.625. The summed E-state index contributed by atoms with van der Waals surface area (Å²) in [7, 11) is 1.55. The number of ether oxygens (including phenoxy) is 1. The standard InChI is InChI=1S/C13H14N2O3/c1-13(12(16)17,15-7-6-14-9-15)10-4-3-5-11(8-10)18-2/h3-9H,1-2H3,(H,16,17). The second-order valence-electron chi connectivity index (χ2n) is 4.08. The van der Waals surface area contributed by atoms with Crippen molar-refractivity contribution in [2.45, 2.75) is 12.5 Å². The van der Waals surface area contributed by atoms with Crippen LogP contribution in [0, 0.1) is 0 Å². The molecule has 94 valence electrons. The summed E-state index contributed by atoms with van der Waals surface area (Å²) in [5.41, 5.74) is -0.572. The van der Waals surface area contributed by atoms with Gasteiger partial charge in [-0.15, -0.1) is 0 Å². The van der Waals surface area contributed by atoms with Crippen molar-refractivity contribution in [3.8, 4) is 5.75 Å². The third-order valence-electron chi connectivity index (χ3n) is 3.07. The van der Waals surface area contributed by atoms with Gasteiger partial charge in [-0.1, -0.05) is 12.1 Å². The Balaban J connectivity index is 2.57. The fourth-order valence-corrected chi connectivity index (χ4v) is 1.83. The summed E-state index contributed by atoms with van der Waals surface area (Å²) in [6.07, 6.45) is 4.68. The van der Waals surface area contributed by atoms with E-state index < -0.39 is 11.5 Å². The second kappa shape index (κ2) is 4.52. The Bertz CT molecular complexity index is 551. The molecule has 0 bridgehead atoms. The van der Waals surface area contributed by atoms with Gasteiger partial charge in [0.2, 0.25) is 0 Å². The van der Waals surface area contributed by atoms with E-state index in [1.165, 1.54) is 6.33 Å². The van der Waals surface area contributed by atoms with E-state index in [0.717, 1.165) is 0 Å².